The smallest absolute Gasteiger partial charge is 0.244 e. The van der Waals surface area contributed by atoms with Gasteiger partial charge in [0, 0.05) is 35.0 Å². The van der Waals surface area contributed by atoms with Gasteiger partial charge in [0.05, 0.1) is 11.2 Å². The summed E-state index contributed by atoms with van der Waals surface area (Å²) in [4.78, 5) is 41.1. The van der Waals surface area contributed by atoms with E-state index < -0.39 is 34.2 Å². The molecule has 3 aliphatic heterocycles. The van der Waals surface area contributed by atoms with Gasteiger partial charge >= 0.3 is 0 Å². The maximum atomic E-state index is 14.7. The third kappa shape index (κ3) is 4.47. The number of hydrogen-bond acceptors (Lipinski definition) is 7. The van der Waals surface area contributed by atoms with Crippen LogP contribution in [0.2, 0.25) is 0 Å². The molecule has 2 fully saturated rings. The van der Waals surface area contributed by atoms with Crippen molar-refractivity contribution < 1.29 is 33.7 Å². The van der Waals surface area contributed by atoms with E-state index in [0.717, 1.165) is 12.0 Å². The fraction of sp³-hybridized carbons (Fsp3) is 0.500. The molecule has 4 bridgehead atoms. The van der Waals surface area contributed by atoms with Gasteiger partial charge in [-0.25, -0.2) is 0 Å². The highest BCUT2D eigenvalue weighted by Crippen LogP contribution is 2.68. The van der Waals surface area contributed by atoms with E-state index in [1.54, 1.807) is 19.1 Å². The van der Waals surface area contributed by atoms with Gasteiger partial charge < -0.3 is 25.1 Å². The van der Waals surface area contributed by atoms with Crippen molar-refractivity contribution in [3.05, 3.63) is 69.4 Å². The number of fused-ring (bicyclic) bond motifs is 2. The van der Waals surface area contributed by atoms with Gasteiger partial charge in [-0.1, -0.05) is 35.5 Å². The van der Waals surface area contributed by atoms with Crippen molar-refractivity contribution in [3.8, 4) is 17.2 Å². The number of allylic oxidation sites excluding steroid dienone is 5. The van der Waals surface area contributed by atoms with Crippen LogP contribution in [-0.4, -0.2) is 45.0 Å². The number of hydrogen-bond donors (Lipinski definition) is 2. The summed E-state index contributed by atoms with van der Waals surface area (Å²) in [5, 5.41) is 11.8. The Morgan fingerprint density at radius 2 is 1.72 bits per heavy atom. The monoisotopic (exact) mass is 627 g/mol. The number of primary amides is 1. The molecule has 1 unspecified atom stereocenters. The number of carbonyl (C=O) groups is 3. The average molecular weight is 628 g/mol. The van der Waals surface area contributed by atoms with E-state index in [2.05, 4.69) is 19.9 Å². The van der Waals surface area contributed by atoms with Crippen molar-refractivity contribution in [2.75, 3.05) is 0 Å². The second kappa shape index (κ2) is 10.6. The lowest BCUT2D eigenvalue weighted by Crippen LogP contribution is -2.72. The van der Waals surface area contributed by atoms with Crippen LogP contribution in [0, 0.1) is 11.8 Å². The number of benzene rings is 1. The quantitative estimate of drug-likeness (QED) is 0.245. The fourth-order valence-corrected chi connectivity index (χ4v) is 8.19. The zero-order valence-corrected chi connectivity index (χ0v) is 28.1. The fourth-order valence-electron chi connectivity index (χ4n) is 8.19. The standard InChI is InChI=1S/C38H45NO7/c1-20(2)10-9-15-36(8)16-14-24-29(40)28-30(41)26-18-23-19-27-35(6,7)46-37(33(23)42,17-13-22(5)34(39)43)38(26,27)45-32(28)25(31(24)44-36)12-11-21(3)4/h10-11,13-14,16,18,23,27,40H,9,12,15,17,19H2,1-8H3,(H2,39,43)/b22-13-/t23?,27-,36-,37+,38-/m1/s1. The number of ketones is 2. The van der Waals surface area contributed by atoms with Crippen LogP contribution in [0.15, 0.2) is 52.7 Å². The molecule has 0 aromatic heterocycles. The first-order valence-corrected chi connectivity index (χ1v) is 16.2. The Morgan fingerprint density at radius 3 is 2.37 bits per heavy atom. The van der Waals surface area contributed by atoms with Gasteiger partial charge in [0.15, 0.2) is 22.8 Å². The molecule has 8 heteroatoms. The van der Waals surface area contributed by atoms with Gasteiger partial charge in [0.2, 0.25) is 5.91 Å². The molecule has 46 heavy (non-hydrogen) atoms. The van der Waals surface area contributed by atoms with Crippen molar-refractivity contribution in [2.45, 2.75) is 110 Å². The SMILES string of the molecule is CC(C)=CCC[C@]1(C)C=Cc2c(O)c3c(c(CC=C(C)C)c2O1)O[C@]12C(=CC4C[C@@H]1C(C)(C)O[C@@]2(C/C=C(/C)C(N)=O)C4=O)C3=O. The number of rotatable bonds is 8. The summed E-state index contributed by atoms with van der Waals surface area (Å²) in [5.74, 6) is -1.59. The van der Waals surface area contributed by atoms with Gasteiger partial charge in [0.25, 0.3) is 0 Å². The van der Waals surface area contributed by atoms with Crippen molar-refractivity contribution in [3.63, 3.8) is 0 Å². The summed E-state index contributed by atoms with van der Waals surface area (Å²) in [6.45, 7) is 15.6. The summed E-state index contributed by atoms with van der Waals surface area (Å²) in [7, 11) is 0. The summed E-state index contributed by atoms with van der Waals surface area (Å²) in [6.07, 6.45) is 13.7. The summed E-state index contributed by atoms with van der Waals surface area (Å²) in [6, 6.07) is 0. The first kappa shape index (κ1) is 32.0. The Morgan fingerprint density at radius 1 is 1.02 bits per heavy atom. The highest BCUT2D eigenvalue weighted by molar-refractivity contribution is 6.19. The number of nitrogens with two attached hydrogens (primary N) is 1. The maximum Gasteiger partial charge on any atom is 0.244 e. The largest absolute Gasteiger partial charge is 0.506 e. The molecule has 5 atom stereocenters. The Labute approximate surface area is 271 Å². The molecular weight excluding hydrogens is 582 g/mol. The predicted octanol–water partition coefficient (Wildman–Crippen LogP) is 6.64. The molecule has 7 rings (SSSR count). The first-order valence-electron chi connectivity index (χ1n) is 16.2. The van der Waals surface area contributed by atoms with Gasteiger partial charge in [-0.05, 0) is 93.2 Å². The molecule has 1 aromatic rings. The van der Waals surface area contributed by atoms with E-state index in [4.69, 9.17) is 19.9 Å². The van der Waals surface area contributed by atoms with Gasteiger partial charge in [-0.15, -0.1) is 0 Å². The van der Waals surface area contributed by atoms with Crippen LogP contribution in [0.1, 0.15) is 103 Å². The highest BCUT2D eigenvalue weighted by atomic mass is 16.6. The minimum absolute atomic E-state index is 0.0128. The number of amides is 1. The van der Waals surface area contributed by atoms with Crippen molar-refractivity contribution >= 4 is 23.5 Å². The first-order chi connectivity index (χ1) is 21.5. The van der Waals surface area contributed by atoms with Crippen LogP contribution in [0.25, 0.3) is 6.08 Å². The molecule has 1 spiro atoms. The van der Waals surface area contributed by atoms with Crippen LogP contribution >= 0.6 is 0 Å². The number of phenolic OH excluding ortho intramolecular Hbond substituents is 1. The molecule has 1 saturated carbocycles. The normalized spacial score (nSPS) is 31.2. The number of phenols is 1. The zero-order valence-electron chi connectivity index (χ0n) is 28.1. The summed E-state index contributed by atoms with van der Waals surface area (Å²) < 4.78 is 20.7. The number of Topliss-reactive ketones (excluding diaryl/α,β-unsaturated/α-hetero) is 2. The van der Waals surface area contributed by atoms with E-state index in [9.17, 15) is 19.5 Å². The number of aromatic hydroxyl groups is 1. The maximum absolute atomic E-state index is 14.7. The Bertz CT molecular complexity index is 1730. The molecule has 3 aliphatic carbocycles. The van der Waals surface area contributed by atoms with Crippen LogP contribution in [0.3, 0.4) is 0 Å². The van der Waals surface area contributed by atoms with Crippen molar-refractivity contribution in [2.24, 2.45) is 17.6 Å². The predicted molar refractivity (Wildman–Crippen MR) is 176 cm³/mol. The third-order valence-electron chi connectivity index (χ3n) is 10.5. The second-order valence-electron chi connectivity index (χ2n) is 14.8. The molecule has 244 valence electrons. The minimum Gasteiger partial charge on any atom is -0.506 e. The topological polar surface area (TPSA) is 125 Å². The van der Waals surface area contributed by atoms with Crippen LogP contribution in [-0.2, 0) is 20.7 Å². The van der Waals surface area contributed by atoms with Crippen LogP contribution < -0.4 is 15.2 Å². The highest BCUT2D eigenvalue weighted by Gasteiger charge is 2.81. The van der Waals surface area contributed by atoms with Crippen molar-refractivity contribution in [1.82, 2.24) is 0 Å². The summed E-state index contributed by atoms with van der Waals surface area (Å²) in [5.41, 5.74) is 5.08. The van der Waals surface area contributed by atoms with E-state index in [-0.39, 0.29) is 41.0 Å². The lowest BCUT2D eigenvalue weighted by atomic mass is 9.51. The molecule has 1 amide bonds. The van der Waals surface area contributed by atoms with E-state index in [1.807, 2.05) is 52.8 Å². The second-order valence-corrected chi connectivity index (χ2v) is 14.8. The summed E-state index contributed by atoms with van der Waals surface area (Å²) >= 11 is 0. The Balaban J connectivity index is 1.59. The van der Waals surface area contributed by atoms with E-state index in [0.29, 0.717) is 47.3 Å². The molecule has 1 aromatic carbocycles. The van der Waals surface area contributed by atoms with Crippen LogP contribution in [0.4, 0.5) is 0 Å². The van der Waals surface area contributed by atoms with E-state index >= 15 is 0 Å². The molecule has 1 saturated heterocycles. The average Bonchev–Trinajstić information content (AvgIpc) is 3.12. The Hall–Kier alpha value is -3.91. The molecule has 8 nitrogen and oxygen atoms in total. The van der Waals surface area contributed by atoms with Crippen molar-refractivity contribution in [1.29, 1.82) is 0 Å². The molecule has 0 radical (unpaired) electrons. The van der Waals surface area contributed by atoms with Gasteiger partial charge in [0.1, 0.15) is 28.4 Å². The third-order valence-corrected chi connectivity index (χ3v) is 10.5. The number of ether oxygens (including phenoxy) is 3. The van der Waals surface area contributed by atoms with Gasteiger partial charge in [-0.3, -0.25) is 14.4 Å². The van der Waals surface area contributed by atoms with Crippen LogP contribution in [0.5, 0.6) is 17.2 Å². The van der Waals surface area contributed by atoms with E-state index in [1.165, 1.54) is 5.57 Å². The Kier molecular flexibility index (Phi) is 7.36. The molecule has 3 heterocycles. The minimum atomic E-state index is -1.57. The molecule has 6 aliphatic rings. The molecular formula is C38H45NO7. The number of carbonyl (C=O) groups excluding carboxylic acids is 3. The molecule has 3 N–H and O–H groups in total. The lowest BCUT2D eigenvalue weighted by Gasteiger charge is -2.56. The zero-order chi connectivity index (χ0) is 33.6. The van der Waals surface area contributed by atoms with Gasteiger partial charge in [-0.2, -0.15) is 0 Å². The lowest BCUT2D eigenvalue weighted by molar-refractivity contribution is -0.171.